The number of nitro benzene ring substituents is 1. The number of carbonyl (C=O) groups excluding carboxylic acids is 3. The Hall–Kier alpha value is -3.95. The van der Waals surface area contributed by atoms with Crippen molar-refractivity contribution in [1.29, 1.82) is 0 Å². The minimum absolute atomic E-state index is 0.136. The molecule has 0 bridgehead atoms. The molecule has 1 aliphatic rings. The molecule has 0 unspecified atom stereocenters. The normalized spacial score (nSPS) is 12.6. The quantitative estimate of drug-likeness (QED) is 0.525. The molecule has 0 fully saturated rings. The summed E-state index contributed by atoms with van der Waals surface area (Å²) in [5.41, 5.74) is 1.54. The SMILES string of the molecule is CCc1ccccc1NC(=O)CNC(=O)CN1C(=O)COc2ccc([N+](=O)[O-])cc21. The van der Waals surface area contributed by atoms with E-state index in [1.165, 1.54) is 18.2 Å². The van der Waals surface area contributed by atoms with E-state index in [0.29, 0.717) is 5.69 Å². The number of rotatable bonds is 7. The van der Waals surface area contributed by atoms with Crippen LogP contribution < -0.4 is 20.3 Å². The Balaban J connectivity index is 1.62. The number of nitrogens with zero attached hydrogens (tertiary/aromatic N) is 2. The Labute approximate surface area is 172 Å². The molecular weight excluding hydrogens is 392 g/mol. The van der Waals surface area contributed by atoms with Crippen molar-refractivity contribution in [2.75, 3.05) is 29.9 Å². The van der Waals surface area contributed by atoms with Gasteiger partial charge in [-0.15, -0.1) is 0 Å². The van der Waals surface area contributed by atoms with Crippen LogP contribution in [0.15, 0.2) is 42.5 Å². The molecule has 0 saturated heterocycles. The third kappa shape index (κ3) is 4.72. The van der Waals surface area contributed by atoms with Crippen molar-refractivity contribution < 1.29 is 24.0 Å². The predicted octanol–water partition coefficient (Wildman–Crippen LogP) is 1.64. The lowest BCUT2D eigenvalue weighted by Gasteiger charge is -2.28. The zero-order valence-electron chi connectivity index (χ0n) is 16.2. The third-order valence-corrected chi connectivity index (χ3v) is 4.52. The summed E-state index contributed by atoms with van der Waals surface area (Å²) in [5, 5.41) is 16.2. The van der Waals surface area contributed by atoms with E-state index in [9.17, 15) is 24.5 Å². The first-order valence-corrected chi connectivity index (χ1v) is 9.25. The van der Waals surface area contributed by atoms with Crippen LogP contribution >= 0.6 is 0 Å². The number of benzene rings is 2. The summed E-state index contributed by atoms with van der Waals surface area (Å²) < 4.78 is 5.26. The lowest BCUT2D eigenvalue weighted by atomic mass is 10.1. The number of hydrogen-bond acceptors (Lipinski definition) is 6. The Bertz CT molecular complexity index is 1010. The van der Waals surface area contributed by atoms with Gasteiger partial charge in [0.25, 0.3) is 11.6 Å². The van der Waals surface area contributed by atoms with Crippen molar-refractivity contribution in [2.24, 2.45) is 0 Å². The highest BCUT2D eigenvalue weighted by atomic mass is 16.6. The molecule has 10 heteroatoms. The second-order valence-electron chi connectivity index (χ2n) is 6.51. The third-order valence-electron chi connectivity index (χ3n) is 4.52. The highest BCUT2D eigenvalue weighted by Gasteiger charge is 2.29. The highest BCUT2D eigenvalue weighted by molar-refractivity contribution is 6.03. The molecule has 1 heterocycles. The molecule has 2 aromatic carbocycles. The monoisotopic (exact) mass is 412 g/mol. The molecular formula is C20H20N4O6. The fourth-order valence-corrected chi connectivity index (χ4v) is 3.00. The van der Waals surface area contributed by atoms with Crippen molar-refractivity contribution >= 4 is 34.8 Å². The van der Waals surface area contributed by atoms with Crippen LogP contribution in [0.25, 0.3) is 0 Å². The van der Waals surface area contributed by atoms with Crippen molar-refractivity contribution in [1.82, 2.24) is 5.32 Å². The molecule has 2 aromatic rings. The Kier molecular flexibility index (Phi) is 6.26. The highest BCUT2D eigenvalue weighted by Crippen LogP contribution is 2.35. The first-order chi connectivity index (χ1) is 14.4. The number of ether oxygens (including phenoxy) is 1. The van der Waals surface area contributed by atoms with Crippen LogP contribution in [0, 0.1) is 10.1 Å². The lowest BCUT2D eigenvalue weighted by molar-refractivity contribution is -0.384. The van der Waals surface area contributed by atoms with Gasteiger partial charge in [-0.05, 0) is 24.1 Å². The zero-order chi connectivity index (χ0) is 21.7. The van der Waals surface area contributed by atoms with Gasteiger partial charge in [-0.1, -0.05) is 25.1 Å². The maximum Gasteiger partial charge on any atom is 0.271 e. The number of hydrogen-bond donors (Lipinski definition) is 2. The number of aryl methyl sites for hydroxylation is 1. The van der Waals surface area contributed by atoms with Crippen molar-refractivity contribution in [3.8, 4) is 5.75 Å². The number of anilines is 2. The minimum atomic E-state index is -0.601. The average Bonchev–Trinajstić information content (AvgIpc) is 2.74. The summed E-state index contributed by atoms with van der Waals surface area (Å²) in [6.45, 7) is 1.01. The molecule has 2 N–H and O–H groups in total. The van der Waals surface area contributed by atoms with Gasteiger partial charge >= 0.3 is 0 Å². The van der Waals surface area contributed by atoms with Gasteiger partial charge in [0.1, 0.15) is 12.3 Å². The van der Waals surface area contributed by atoms with Crippen molar-refractivity contribution in [3.05, 3.63) is 58.1 Å². The van der Waals surface area contributed by atoms with Gasteiger partial charge in [-0.3, -0.25) is 29.4 Å². The number of para-hydroxylation sites is 1. The van der Waals surface area contributed by atoms with E-state index in [2.05, 4.69) is 10.6 Å². The van der Waals surface area contributed by atoms with E-state index in [1.54, 1.807) is 12.1 Å². The number of fused-ring (bicyclic) bond motifs is 1. The minimum Gasteiger partial charge on any atom is -0.482 e. The molecule has 0 radical (unpaired) electrons. The molecule has 0 saturated carbocycles. The first kappa shape index (κ1) is 20.8. The van der Waals surface area contributed by atoms with Crippen LogP contribution in [-0.4, -0.2) is 42.3 Å². The van der Waals surface area contributed by atoms with Crippen LogP contribution in [0.5, 0.6) is 5.75 Å². The van der Waals surface area contributed by atoms with E-state index in [-0.39, 0.29) is 30.3 Å². The Morgan fingerprint density at radius 2 is 1.97 bits per heavy atom. The summed E-state index contributed by atoms with van der Waals surface area (Å²) in [7, 11) is 0. The number of nitro groups is 1. The maximum absolute atomic E-state index is 12.3. The molecule has 10 nitrogen and oxygen atoms in total. The lowest BCUT2D eigenvalue weighted by Crippen LogP contribution is -2.46. The molecule has 3 amide bonds. The second kappa shape index (κ2) is 9.03. The summed E-state index contributed by atoms with van der Waals surface area (Å²) in [4.78, 5) is 48.2. The predicted molar refractivity (Wildman–Crippen MR) is 108 cm³/mol. The molecule has 156 valence electrons. The van der Waals surface area contributed by atoms with E-state index >= 15 is 0 Å². The summed E-state index contributed by atoms with van der Waals surface area (Å²) in [5.74, 6) is -1.24. The van der Waals surface area contributed by atoms with E-state index in [0.717, 1.165) is 16.9 Å². The van der Waals surface area contributed by atoms with E-state index in [1.807, 2.05) is 19.1 Å². The zero-order valence-corrected chi connectivity index (χ0v) is 16.2. The largest absolute Gasteiger partial charge is 0.482 e. The first-order valence-electron chi connectivity index (χ1n) is 9.25. The molecule has 0 aliphatic carbocycles. The van der Waals surface area contributed by atoms with Gasteiger partial charge in [0.2, 0.25) is 11.8 Å². The smallest absolute Gasteiger partial charge is 0.271 e. The van der Waals surface area contributed by atoms with Crippen LogP contribution in [0.4, 0.5) is 17.1 Å². The number of non-ortho nitro benzene ring substituents is 1. The Morgan fingerprint density at radius 3 is 2.70 bits per heavy atom. The fraction of sp³-hybridized carbons (Fsp3) is 0.250. The Morgan fingerprint density at radius 1 is 1.20 bits per heavy atom. The maximum atomic E-state index is 12.3. The van der Waals surface area contributed by atoms with Crippen molar-refractivity contribution in [3.63, 3.8) is 0 Å². The topological polar surface area (TPSA) is 131 Å². The van der Waals surface area contributed by atoms with E-state index < -0.39 is 29.2 Å². The van der Waals surface area contributed by atoms with Crippen LogP contribution in [-0.2, 0) is 20.8 Å². The van der Waals surface area contributed by atoms with Gasteiger partial charge in [0.15, 0.2) is 6.61 Å². The van der Waals surface area contributed by atoms with Gasteiger partial charge in [0.05, 0.1) is 17.2 Å². The average molecular weight is 412 g/mol. The van der Waals surface area contributed by atoms with Gasteiger partial charge in [-0.25, -0.2) is 0 Å². The van der Waals surface area contributed by atoms with Crippen LogP contribution in [0.1, 0.15) is 12.5 Å². The van der Waals surface area contributed by atoms with Gasteiger partial charge in [0, 0.05) is 17.8 Å². The molecule has 30 heavy (non-hydrogen) atoms. The van der Waals surface area contributed by atoms with Crippen LogP contribution in [0.3, 0.4) is 0 Å². The van der Waals surface area contributed by atoms with Crippen molar-refractivity contribution in [2.45, 2.75) is 13.3 Å². The van der Waals surface area contributed by atoms with Crippen LogP contribution in [0.2, 0.25) is 0 Å². The standard InChI is InChI=1S/C20H20N4O6/c1-2-13-5-3-4-6-15(13)22-18(25)10-21-19(26)11-23-16-9-14(24(28)29)7-8-17(16)30-12-20(23)27/h3-9H,2,10-12H2,1H3,(H,21,26)(H,22,25). The van der Waals surface area contributed by atoms with Gasteiger partial charge in [-0.2, -0.15) is 0 Å². The van der Waals surface area contributed by atoms with E-state index in [4.69, 9.17) is 4.74 Å². The molecule has 1 aliphatic heterocycles. The van der Waals surface area contributed by atoms with Gasteiger partial charge < -0.3 is 15.4 Å². The number of carbonyl (C=O) groups is 3. The molecule has 0 atom stereocenters. The molecule has 0 aromatic heterocycles. The summed E-state index contributed by atoms with van der Waals surface area (Å²) in [6.07, 6.45) is 0.744. The summed E-state index contributed by atoms with van der Waals surface area (Å²) in [6, 6.07) is 11.2. The molecule has 0 spiro atoms. The molecule has 3 rings (SSSR count). The fourth-order valence-electron chi connectivity index (χ4n) is 3.00. The second-order valence-corrected chi connectivity index (χ2v) is 6.51. The number of nitrogens with one attached hydrogen (secondary N) is 2. The summed E-state index contributed by atoms with van der Waals surface area (Å²) >= 11 is 0. The number of amides is 3.